The molecule has 19 heteroatoms. The van der Waals surface area contributed by atoms with Gasteiger partial charge in [-0.1, -0.05) is 6.92 Å². The average molecular weight is 660 g/mol. The third-order valence-electron chi connectivity index (χ3n) is 9.60. The van der Waals surface area contributed by atoms with Crippen molar-refractivity contribution < 1.29 is 89.7 Å². The van der Waals surface area contributed by atoms with Gasteiger partial charge in [0.15, 0.2) is 12.6 Å². The van der Waals surface area contributed by atoms with Gasteiger partial charge in [-0.3, -0.25) is 0 Å². The van der Waals surface area contributed by atoms with E-state index in [0.29, 0.717) is 0 Å². The van der Waals surface area contributed by atoms with Crippen molar-refractivity contribution in [2.75, 3.05) is 33.0 Å². The maximum absolute atomic E-state index is 11.0. The number of nitrogens with one attached hydrogen (secondary N) is 1. The Kier molecular flexibility index (Phi) is 11.1. The quantitative estimate of drug-likeness (QED) is 0.0968. The fourth-order valence-electron chi connectivity index (χ4n) is 6.70. The molecule has 4 saturated heterocycles. The van der Waals surface area contributed by atoms with E-state index in [-0.39, 0.29) is 6.61 Å². The van der Waals surface area contributed by atoms with Gasteiger partial charge in [-0.15, -0.1) is 0 Å². The van der Waals surface area contributed by atoms with E-state index in [1.165, 1.54) is 0 Å². The van der Waals surface area contributed by atoms with Crippen LogP contribution in [0.5, 0.6) is 0 Å². The van der Waals surface area contributed by atoms with Crippen molar-refractivity contribution >= 4 is 0 Å². The zero-order valence-corrected chi connectivity index (χ0v) is 24.3. The Labute approximate surface area is 257 Å². The highest BCUT2D eigenvalue weighted by molar-refractivity contribution is 5.22. The molecule has 0 aromatic rings. The van der Waals surface area contributed by atoms with Gasteiger partial charge >= 0.3 is 0 Å². The van der Waals surface area contributed by atoms with E-state index >= 15 is 0 Å². The second kappa shape index (κ2) is 14.0. The molecule has 5 fully saturated rings. The predicted molar refractivity (Wildman–Crippen MR) is 141 cm³/mol. The first-order chi connectivity index (χ1) is 21.3. The van der Waals surface area contributed by atoms with Crippen LogP contribution in [0, 0.1) is 5.92 Å². The van der Waals surface area contributed by atoms with Crippen LogP contribution >= 0.6 is 0 Å². The minimum atomic E-state index is -1.89. The molecule has 20 atom stereocenters. The van der Waals surface area contributed by atoms with E-state index in [1.807, 2.05) is 0 Å². The first-order valence-corrected chi connectivity index (χ1v) is 14.9. The third-order valence-corrected chi connectivity index (χ3v) is 9.60. The van der Waals surface area contributed by atoms with Gasteiger partial charge in [-0.2, -0.15) is 0 Å². The molecule has 5 aliphatic rings. The minimum Gasteiger partial charge on any atom is -0.394 e. The average Bonchev–Trinajstić information content (AvgIpc) is 3.79. The Morgan fingerprint density at radius 2 is 1.18 bits per heavy atom. The molecule has 0 bridgehead atoms. The van der Waals surface area contributed by atoms with E-state index in [4.69, 9.17) is 28.4 Å². The molecule has 1 saturated carbocycles. The molecule has 5 rings (SSSR count). The molecule has 45 heavy (non-hydrogen) atoms. The van der Waals surface area contributed by atoms with Crippen molar-refractivity contribution in [2.45, 2.75) is 123 Å². The van der Waals surface area contributed by atoms with Crippen molar-refractivity contribution in [3.05, 3.63) is 0 Å². The number of aliphatic hydroxyl groups excluding tert-OH is 12. The first-order valence-electron chi connectivity index (χ1n) is 14.9. The number of rotatable bonds is 10. The monoisotopic (exact) mass is 659 g/mol. The molecule has 0 amide bonds. The Hall–Kier alpha value is -0.760. The molecular weight excluding hydrogens is 614 g/mol. The molecule has 0 aromatic heterocycles. The number of epoxide rings is 1. The summed E-state index contributed by atoms with van der Waals surface area (Å²) in [6.45, 7) is -0.944. The minimum absolute atomic E-state index is 0.142. The summed E-state index contributed by atoms with van der Waals surface area (Å²) in [6, 6.07) is -2.50. The second-order valence-electron chi connectivity index (χ2n) is 12.4. The molecule has 0 spiro atoms. The van der Waals surface area contributed by atoms with Crippen LogP contribution in [-0.4, -0.2) is 210 Å². The topological polar surface area (TPSA) is 313 Å². The van der Waals surface area contributed by atoms with Gasteiger partial charge in [0.2, 0.25) is 0 Å². The van der Waals surface area contributed by atoms with E-state index < -0.39 is 148 Å². The molecule has 4 aliphatic heterocycles. The van der Waals surface area contributed by atoms with Crippen LogP contribution in [0.2, 0.25) is 0 Å². The van der Waals surface area contributed by atoms with E-state index in [9.17, 15) is 61.3 Å². The van der Waals surface area contributed by atoms with Crippen molar-refractivity contribution in [3.8, 4) is 0 Å². The number of hydrogen-bond acceptors (Lipinski definition) is 19. The van der Waals surface area contributed by atoms with Crippen LogP contribution in [0.25, 0.3) is 0 Å². The van der Waals surface area contributed by atoms with Gasteiger partial charge in [0.05, 0.1) is 51.2 Å². The Morgan fingerprint density at radius 3 is 1.76 bits per heavy atom. The summed E-state index contributed by atoms with van der Waals surface area (Å²) < 4.78 is 33.6. The fraction of sp³-hybridized carbons (Fsp3) is 1.00. The summed E-state index contributed by atoms with van der Waals surface area (Å²) in [5, 5.41) is 128. The standard InChI is InChI=1S/C26H45NO18/c1-7-5-40-9(3-29)20(13(7)32)43-25-19(38)16(35)21(10(4-30)42-25)44-24-18(37)14(33)11(8(2-28)41-24)27-12-15(34)17(36)22(39)26(6-31)23(12)45-26/h7-25,27-39H,2-6H2,1H3. The molecule has 20 unspecified atom stereocenters. The normalized spacial score (nSPS) is 55.3. The van der Waals surface area contributed by atoms with Gasteiger partial charge in [0.1, 0.15) is 85.0 Å². The highest BCUT2D eigenvalue weighted by Gasteiger charge is 2.72. The molecule has 19 nitrogen and oxygen atoms in total. The van der Waals surface area contributed by atoms with E-state index in [1.54, 1.807) is 6.92 Å². The maximum Gasteiger partial charge on any atom is 0.187 e. The van der Waals surface area contributed by atoms with Gasteiger partial charge < -0.3 is 95.0 Å². The fourth-order valence-corrected chi connectivity index (χ4v) is 6.70. The van der Waals surface area contributed by atoms with Gasteiger partial charge in [0, 0.05) is 5.92 Å². The van der Waals surface area contributed by atoms with Gasteiger partial charge in [-0.25, -0.2) is 0 Å². The molecule has 1 aliphatic carbocycles. The van der Waals surface area contributed by atoms with Crippen molar-refractivity contribution in [3.63, 3.8) is 0 Å². The van der Waals surface area contributed by atoms with Crippen LogP contribution < -0.4 is 5.32 Å². The van der Waals surface area contributed by atoms with Crippen LogP contribution in [-0.2, 0) is 28.4 Å². The summed E-state index contributed by atoms with van der Waals surface area (Å²) >= 11 is 0. The van der Waals surface area contributed by atoms with Crippen LogP contribution in [0.1, 0.15) is 6.92 Å². The number of ether oxygens (including phenoxy) is 6. The van der Waals surface area contributed by atoms with Crippen molar-refractivity contribution in [2.24, 2.45) is 5.92 Å². The van der Waals surface area contributed by atoms with E-state index in [2.05, 4.69) is 5.32 Å². The molecule has 4 heterocycles. The maximum atomic E-state index is 11.0. The Balaban J connectivity index is 1.25. The number of hydrogen-bond donors (Lipinski definition) is 13. The summed E-state index contributed by atoms with van der Waals surface area (Å²) in [6.07, 6.45) is -24.3. The lowest BCUT2D eigenvalue weighted by molar-refractivity contribution is -0.366. The second-order valence-corrected chi connectivity index (χ2v) is 12.4. The Morgan fingerprint density at radius 1 is 0.644 bits per heavy atom. The van der Waals surface area contributed by atoms with Crippen LogP contribution in [0.3, 0.4) is 0 Å². The molecule has 262 valence electrons. The van der Waals surface area contributed by atoms with Gasteiger partial charge in [-0.05, 0) is 0 Å². The van der Waals surface area contributed by atoms with Crippen molar-refractivity contribution in [1.82, 2.24) is 5.32 Å². The highest BCUT2D eigenvalue weighted by Crippen LogP contribution is 2.48. The van der Waals surface area contributed by atoms with Crippen LogP contribution in [0.15, 0.2) is 0 Å². The lowest BCUT2D eigenvalue weighted by atomic mass is 9.79. The largest absolute Gasteiger partial charge is 0.394 e. The molecule has 13 N–H and O–H groups in total. The van der Waals surface area contributed by atoms with Crippen LogP contribution in [0.4, 0.5) is 0 Å². The first kappa shape index (κ1) is 35.5. The van der Waals surface area contributed by atoms with E-state index in [0.717, 1.165) is 0 Å². The number of aliphatic hydroxyl groups is 12. The Bertz CT molecular complexity index is 978. The lowest BCUT2D eigenvalue weighted by Gasteiger charge is -2.49. The zero-order chi connectivity index (χ0) is 33.0. The van der Waals surface area contributed by atoms with Gasteiger partial charge in [0.25, 0.3) is 0 Å². The molecule has 0 radical (unpaired) electrons. The zero-order valence-electron chi connectivity index (χ0n) is 24.3. The summed E-state index contributed by atoms with van der Waals surface area (Å²) in [7, 11) is 0. The molecular formula is C26H45NO18. The summed E-state index contributed by atoms with van der Waals surface area (Å²) in [5.74, 6) is -0.394. The summed E-state index contributed by atoms with van der Waals surface area (Å²) in [4.78, 5) is 0. The lowest BCUT2D eigenvalue weighted by Crippen LogP contribution is -2.71. The predicted octanol–water partition coefficient (Wildman–Crippen LogP) is -8.42. The SMILES string of the molecule is CC1COC(CO)C(OC2OC(CO)C(OC3OC(CO)C(NC4C(O)C(O)C(O)C5(CO)OC45)C(O)C3O)C(O)C2O)C1O. The smallest absolute Gasteiger partial charge is 0.187 e. The van der Waals surface area contributed by atoms with Crippen molar-refractivity contribution in [1.29, 1.82) is 0 Å². The summed E-state index contributed by atoms with van der Waals surface area (Å²) in [5.41, 5.74) is -1.56. The number of fused-ring (bicyclic) bond motifs is 1. The molecule has 0 aromatic carbocycles. The third kappa shape index (κ3) is 6.28. The highest BCUT2D eigenvalue weighted by atomic mass is 16.7.